The molecule has 1 aliphatic heterocycles. The molecule has 1 N–H and O–H groups in total. The fraction of sp³-hybridized carbons (Fsp3) is 0.556. The third-order valence-electron chi connectivity index (χ3n) is 4.30. The number of likely N-dealkylation sites (N-methyl/N-ethyl adjacent to an activating group) is 2. The van der Waals surface area contributed by atoms with Crippen molar-refractivity contribution in [3.63, 3.8) is 0 Å². The van der Waals surface area contributed by atoms with Crippen molar-refractivity contribution in [1.82, 2.24) is 15.1 Å². The Bertz CT molecular complexity index is 527. The first-order chi connectivity index (χ1) is 11.6. The molecule has 6 heteroatoms. The van der Waals surface area contributed by atoms with E-state index in [1.165, 1.54) is 5.69 Å². The SMILES string of the molecule is CCNC(=O)CN(CC)CC(=O)N1CCN(c2ccccc2)CC1. The van der Waals surface area contributed by atoms with Crippen LogP contribution in [0, 0.1) is 0 Å². The molecule has 0 bridgehead atoms. The fourth-order valence-corrected chi connectivity index (χ4v) is 2.88. The summed E-state index contributed by atoms with van der Waals surface area (Å²) in [6, 6.07) is 10.3. The average Bonchev–Trinajstić information content (AvgIpc) is 2.62. The number of amides is 2. The van der Waals surface area contributed by atoms with Gasteiger partial charge in [0.1, 0.15) is 0 Å². The molecule has 0 aromatic heterocycles. The Morgan fingerprint density at radius 2 is 1.71 bits per heavy atom. The van der Waals surface area contributed by atoms with Crippen molar-refractivity contribution in [1.29, 1.82) is 0 Å². The maximum Gasteiger partial charge on any atom is 0.236 e. The number of hydrogen-bond acceptors (Lipinski definition) is 4. The number of carbonyl (C=O) groups excluding carboxylic acids is 2. The van der Waals surface area contributed by atoms with Gasteiger partial charge in [-0.3, -0.25) is 14.5 Å². The van der Waals surface area contributed by atoms with Crippen LogP contribution in [0.25, 0.3) is 0 Å². The normalized spacial score (nSPS) is 14.8. The molecule has 132 valence electrons. The highest BCUT2D eigenvalue weighted by Gasteiger charge is 2.23. The molecule has 6 nitrogen and oxygen atoms in total. The van der Waals surface area contributed by atoms with Crippen molar-refractivity contribution in [3.05, 3.63) is 30.3 Å². The van der Waals surface area contributed by atoms with Gasteiger partial charge in [-0.25, -0.2) is 0 Å². The lowest BCUT2D eigenvalue weighted by Crippen LogP contribution is -2.52. The molecule has 0 unspecified atom stereocenters. The van der Waals surface area contributed by atoms with Crippen LogP contribution in [-0.4, -0.2) is 74.0 Å². The Morgan fingerprint density at radius 1 is 1.04 bits per heavy atom. The third-order valence-corrected chi connectivity index (χ3v) is 4.30. The number of nitrogens with one attached hydrogen (secondary N) is 1. The van der Waals surface area contributed by atoms with Crippen LogP contribution in [0.1, 0.15) is 13.8 Å². The highest BCUT2D eigenvalue weighted by atomic mass is 16.2. The van der Waals surface area contributed by atoms with Gasteiger partial charge in [-0.2, -0.15) is 0 Å². The maximum absolute atomic E-state index is 12.5. The lowest BCUT2D eigenvalue weighted by Gasteiger charge is -2.37. The first kappa shape index (κ1) is 18.3. The largest absolute Gasteiger partial charge is 0.368 e. The minimum Gasteiger partial charge on any atom is -0.368 e. The number of hydrogen-bond donors (Lipinski definition) is 1. The molecular weight excluding hydrogens is 304 g/mol. The summed E-state index contributed by atoms with van der Waals surface area (Å²) in [5.41, 5.74) is 1.20. The zero-order chi connectivity index (χ0) is 17.4. The molecule has 1 heterocycles. The molecule has 1 fully saturated rings. The van der Waals surface area contributed by atoms with Crippen LogP contribution >= 0.6 is 0 Å². The highest BCUT2D eigenvalue weighted by Crippen LogP contribution is 2.15. The molecule has 1 aromatic carbocycles. The predicted molar refractivity (Wildman–Crippen MR) is 96.0 cm³/mol. The summed E-state index contributed by atoms with van der Waals surface area (Å²) in [5.74, 6) is 0.0786. The van der Waals surface area contributed by atoms with E-state index in [0.29, 0.717) is 19.6 Å². The molecule has 2 amide bonds. The quantitative estimate of drug-likeness (QED) is 0.802. The van der Waals surface area contributed by atoms with Crippen molar-refractivity contribution in [2.45, 2.75) is 13.8 Å². The van der Waals surface area contributed by atoms with E-state index in [0.717, 1.165) is 26.2 Å². The number of carbonyl (C=O) groups is 2. The second-order valence-corrected chi connectivity index (χ2v) is 5.96. The summed E-state index contributed by atoms with van der Waals surface area (Å²) < 4.78 is 0. The molecule has 24 heavy (non-hydrogen) atoms. The van der Waals surface area contributed by atoms with Crippen molar-refractivity contribution >= 4 is 17.5 Å². The number of para-hydroxylation sites is 1. The van der Waals surface area contributed by atoms with Crippen LogP contribution in [-0.2, 0) is 9.59 Å². The molecule has 1 aliphatic rings. The molecule has 1 aromatic rings. The molecule has 0 saturated carbocycles. The zero-order valence-electron chi connectivity index (χ0n) is 14.7. The highest BCUT2D eigenvalue weighted by molar-refractivity contribution is 5.81. The number of nitrogens with zero attached hydrogens (tertiary/aromatic N) is 3. The van der Waals surface area contributed by atoms with E-state index < -0.39 is 0 Å². The smallest absolute Gasteiger partial charge is 0.236 e. The van der Waals surface area contributed by atoms with Crippen molar-refractivity contribution in [3.8, 4) is 0 Å². The van der Waals surface area contributed by atoms with Gasteiger partial charge in [0, 0.05) is 38.4 Å². The summed E-state index contributed by atoms with van der Waals surface area (Å²) in [4.78, 5) is 30.3. The standard InChI is InChI=1S/C18H28N4O2/c1-3-19-17(23)14-20(4-2)15-18(24)22-12-10-21(11-13-22)16-8-6-5-7-9-16/h5-9H,3-4,10-15H2,1-2H3,(H,19,23). The zero-order valence-corrected chi connectivity index (χ0v) is 14.7. The molecule has 1 saturated heterocycles. The van der Waals surface area contributed by atoms with Crippen LogP contribution in [0.3, 0.4) is 0 Å². The van der Waals surface area contributed by atoms with E-state index in [1.54, 1.807) is 0 Å². The van der Waals surface area contributed by atoms with Crippen molar-refractivity contribution in [2.24, 2.45) is 0 Å². The maximum atomic E-state index is 12.5. The lowest BCUT2D eigenvalue weighted by molar-refractivity contribution is -0.133. The van der Waals surface area contributed by atoms with E-state index in [-0.39, 0.29) is 18.4 Å². The summed E-state index contributed by atoms with van der Waals surface area (Å²) in [7, 11) is 0. The van der Waals surface area contributed by atoms with Gasteiger partial charge in [-0.15, -0.1) is 0 Å². The Labute approximate surface area is 144 Å². The molecular formula is C18H28N4O2. The van der Waals surface area contributed by atoms with Crippen LogP contribution < -0.4 is 10.2 Å². The van der Waals surface area contributed by atoms with Gasteiger partial charge in [0.25, 0.3) is 0 Å². The topological polar surface area (TPSA) is 55.9 Å². The van der Waals surface area contributed by atoms with E-state index in [2.05, 4.69) is 22.3 Å². The van der Waals surface area contributed by atoms with Crippen LogP contribution in [0.2, 0.25) is 0 Å². The first-order valence-corrected chi connectivity index (χ1v) is 8.70. The number of rotatable bonds is 7. The van der Waals surface area contributed by atoms with Gasteiger partial charge < -0.3 is 15.1 Å². The Kier molecular flexibility index (Phi) is 7.06. The summed E-state index contributed by atoms with van der Waals surface area (Å²) in [5, 5.41) is 2.77. The van der Waals surface area contributed by atoms with Crippen LogP contribution in [0.15, 0.2) is 30.3 Å². The number of anilines is 1. The van der Waals surface area contributed by atoms with E-state index in [4.69, 9.17) is 0 Å². The molecule has 2 rings (SSSR count). The van der Waals surface area contributed by atoms with E-state index in [9.17, 15) is 9.59 Å². The summed E-state index contributed by atoms with van der Waals surface area (Å²) >= 11 is 0. The molecule has 0 atom stereocenters. The fourth-order valence-electron chi connectivity index (χ4n) is 2.88. The summed E-state index contributed by atoms with van der Waals surface area (Å²) in [6.45, 7) is 8.90. The van der Waals surface area contributed by atoms with Gasteiger partial charge in [-0.1, -0.05) is 25.1 Å². The van der Waals surface area contributed by atoms with Crippen molar-refractivity contribution in [2.75, 3.05) is 57.3 Å². The first-order valence-electron chi connectivity index (χ1n) is 8.70. The van der Waals surface area contributed by atoms with E-state index in [1.807, 2.05) is 41.8 Å². The summed E-state index contributed by atoms with van der Waals surface area (Å²) in [6.07, 6.45) is 0. The second kappa shape index (κ2) is 9.27. The average molecular weight is 332 g/mol. The van der Waals surface area contributed by atoms with E-state index >= 15 is 0 Å². The van der Waals surface area contributed by atoms with Crippen LogP contribution in [0.5, 0.6) is 0 Å². The molecule has 0 aliphatic carbocycles. The van der Waals surface area contributed by atoms with Crippen molar-refractivity contribution < 1.29 is 9.59 Å². The Balaban J connectivity index is 1.80. The predicted octanol–water partition coefficient (Wildman–Crippen LogP) is 0.793. The minimum absolute atomic E-state index is 0.0268. The number of benzene rings is 1. The van der Waals surface area contributed by atoms with Gasteiger partial charge in [0.15, 0.2) is 0 Å². The molecule has 0 spiro atoms. The van der Waals surface area contributed by atoms with Crippen LogP contribution in [0.4, 0.5) is 5.69 Å². The van der Waals surface area contributed by atoms with Gasteiger partial charge >= 0.3 is 0 Å². The Hall–Kier alpha value is -2.08. The number of piperazine rings is 1. The minimum atomic E-state index is -0.0268. The van der Waals surface area contributed by atoms with Gasteiger partial charge in [-0.05, 0) is 25.6 Å². The lowest BCUT2D eigenvalue weighted by atomic mass is 10.2. The second-order valence-electron chi connectivity index (χ2n) is 5.96. The van der Waals surface area contributed by atoms with Gasteiger partial charge in [0.05, 0.1) is 13.1 Å². The molecule has 0 radical (unpaired) electrons. The Morgan fingerprint density at radius 3 is 2.29 bits per heavy atom. The monoisotopic (exact) mass is 332 g/mol. The third kappa shape index (κ3) is 5.23. The van der Waals surface area contributed by atoms with Gasteiger partial charge in [0.2, 0.25) is 11.8 Å².